The first-order valence-electron chi connectivity index (χ1n) is 23.5. The number of unbranched alkanes of at least 4 members (excludes halogenated alkanes) is 2. The maximum atomic E-state index is 12.8. The Balaban J connectivity index is 1.27. The molecule has 1 fully saturated rings. The minimum atomic E-state index is -5.58. The number of rotatable bonds is 35. The number of thioether (sulfide) groups is 1. The molecule has 1 saturated heterocycles. The molecule has 0 radical (unpaired) electrons. The lowest BCUT2D eigenvalue weighted by atomic mass is 9.87. The molecule has 2 amide bonds. The maximum absolute atomic E-state index is 12.8. The second kappa shape index (κ2) is 32.4. The fourth-order valence-electron chi connectivity index (χ4n) is 6.54. The van der Waals surface area contributed by atoms with Crippen molar-refractivity contribution in [1.29, 1.82) is 0 Å². The molecule has 0 spiro atoms. The van der Waals surface area contributed by atoms with Crippen molar-refractivity contribution in [1.82, 2.24) is 30.2 Å². The molecule has 73 heavy (non-hydrogen) atoms. The molecule has 0 aromatic carbocycles. The first kappa shape index (κ1) is 63.3. The van der Waals surface area contributed by atoms with Crippen molar-refractivity contribution in [3.8, 4) is 0 Å². The van der Waals surface area contributed by atoms with Crippen LogP contribution in [0.4, 0.5) is 5.82 Å². The molecular weight excluding hydrogens is 1040 g/mol. The maximum Gasteiger partial charge on any atom is 0.481 e. The number of phosphoric ester groups is 3. The van der Waals surface area contributed by atoms with E-state index in [1.165, 1.54) is 13.8 Å². The Bertz CT molecular complexity index is 2390. The molecule has 7 atom stereocenters. The van der Waals surface area contributed by atoms with Gasteiger partial charge in [-0.3, -0.25) is 32.5 Å². The van der Waals surface area contributed by atoms with E-state index in [2.05, 4.69) is 114 Å². The van der Waals surface area contributed by atoms with Crippen molar-refractivity contribution in [3.63, 3.8) is 0 Å². The average Bonchev–Trinajstić information content (AvgIpc) is 3.88. The number of fused-ring (bicyclic) bond motifs is 1. The zero-order chi connectivity index (χ0) is 53.9. The zero-order valence-corrected chi connectivity index (χ0v) is 44.6. The number of nitrogens with one attached hydrogen (secondary N) is 2. The molecule has 10 N–H and O–H groups in total. The van der Waals surface area contributed by atoms with Crippen LogP contribution in [0.3, 0.4) is 0 Å². The van der Waals surface area contributed by atoms with Gasteiger partial charge in [0, 0.05) is 37.1 Å². The third-order valence-electron chi connectivity index (χ3n) is 10.4. The fourth-order valence-corrected chi connectivity index (χ4v) is 10.1. The number of carbonyl (C=O) groups is 3. The Kier molecular flexibility index (Phi) is 28.1. The number of allylic oxidation sites excluding steroid dienone is 12. The van der Waals surface area contributed by atoms with Gasteiger partial charge < -0.3 is 50.9 Å². The van der Waals surface area contributed by atoms with Gasteiger partial charge in [-0.15, -0.1) is 0 Å². The molecule has 0 bridgehead atoms. The smallest absolute Gasteiger partial charge is 0.386 e. The summed E-state index contributed by atoms with van der Waals surface area (Å²) in [7, 11) is -16.4. The van der Waals surface area contributed by atoms with Gasteiger partial charge >= 0.3 is 23.5 Å². The quantitative estimate of drug-likeness (QED) is 0.0219. The van der Waals surface area contributed by atoms with E-state index >= 15 is 0 Å². The highest BCUT2D eigenvalue weighted by Crippen LogP contribution is 2.61. The summed E-state index contributed by atoms with van der Waals surface area (Å²) in [4.78, 5) is 88.5. The van der Waals surface area contributed by atoms with Crippen molar-refractivity contribution in [2.75, 3.05) is 37.8 Å². The molecule has 3 heterocycles. The number of anilines is 1. The van der Waals surface area contributed by atoms with E-state index in [-0.39, 0.29) is 41.6 Å². The van der Waals surface area contributed by atoms with E-state index < -0.39 is 84.6 Å². The molecule has 3 unspecified atom stereocenters. The predicted molar refractivity (Wildman–Crippen MR) is 274 cm³/mol. The van der Waals surface area contributed by atoms with Crippen molar-refractivity contribution < 1.29 is 80.5 Å². The third kappa shape index (κ3) is 24.9. The van der Waals surface area contributed by atoms with Gasteiger partial charge in [-0.2, -0.15) is 4.31 Å². The number of aromatic nitrogens is 4. The lowest BCUT2D eigenvalue weighted by Gasteiger charge is -2.30. The SMILES string of the molecule is CC/C=C\C/C=C\C/C=C\C/C=C\C/C=C\C/C=C\CCCCC(=O)SCCNC(=O)CCNC(=O)C(O)C(C)(C)COP(=O)(O)OP(=O)(O)OC[C@H]1O[C@@H](n2cnc3c(N)ncnc32)[C@H](O)[C@@H]1OP(=O)(O)O. The van der Waals surface area contributed by atoms with Gasteiger partial charge in [0.05, 0.1) is 19.5 Å². The number of aliphatic hydroxyl groups is 2. The minimum absolute atomic E-state index is 0.0222. The average molecular weight is 1110 g/mol. The largest absolute Gasteiger partial charge is 0.481 e. The molecule has 2 aromatic rings. The number of nitrogen functional groups attached to an aromatic ring is 1. The van der Waals surface area contributed by atoms with E-state index in [1.54, 1.807) is 0 Å². The summed E-state index contributed by atoms with van der Waals surface area (Å²) in [5.41, 5.74) is 4.27. The normalized spacial score (nSPS) is 20.1. The van der Waals surface area contributed by atoms with Crippen molar-refractivity contribution in [3.05, 3.63) is 85.6 Å². The highest BCUT2D eigenvalue weighted by molar-refractivity contribution is 8.13. The Labute approximate surface area is 429 Å². The van der Waals surface area contributed by atoms with Crippen molar-refractivity contribution in [2.45, 2.75) is 122 Å². The first-order valence-corrected chi connectivity index (χ1v) is 29.0. The number of nitrogens with zero attached hydrogens (tertiary/aromatic N) is 4. The van der Waals surface area contributed by atoms with Crippen LogP contribution in [0.5, 0.6) is 0 Å². The zero-order valence-electron chi connectivity index (χ0n) is 41.1. The highest BCUT2D eigenvalue weighted by Gasteiger charge is 2.50. The van der Waals surface area contributed by atoms with Crippen LogP contribution in [-0.2, 0) is 50.7 Å². The monoisotopic (exact) mass is 1110 g/mol. The molecule has 24 nitrogen and oxygen atoms in total. The van der Waals surface area contributed by atoms with Crippen molar-refractivity contribution in [2.24, 2.45) is 5.41 Å². The molecule has 1 aliphatic rings. The van der Waals surface area contributed by atoms with Gasteiger partial charge in [0.25, 0.3) is 0 Å². The van der Waals surface area contributed by atoms with E-state index in [4.69, 9.17) is 19.5 Å². The number of hydrogen-bond donors (Lipinski definition) is 9. The number of amides is 2. The number of phosphoric acid groups is 3. The Morgan fingerprint density at radius 1 is 0.836 bits per heavy atom. The van der Waals surface area contributed by atoms with Crippen LogP contribution in [0, 0.1) is 5.41 Å². The number of nitrogens with two attached hydrogens (primary N) is 1. The predicted octanol–water partition coefficient (Wildman–Crippen LogP) is 5.92. The van der Waals surface area contributed by atoms with Crippen LogP contribution in [0.15, 0.2) is 85.6 Å². The van der Waals surface area contributed by atoms with Gasteiger partial charge in [-0.1, -0.05) is 105 Å². The van der Waals surface area contributed by atoms with Gasteiger partial charge in [0.1, 0.15) is 36.3 Å². The Morgan fingerprint density at radius 2 is 1.42 bits per heavy atom. The van der Waals surface area contributed by atoms with E-state index in [0.29, 0.717) is 12.2 Å². The molecular formula is C45H70N7O17P3S. The Hall–Kier alpha value is -4.00. The molecule has 0 saturated carbocycles. The summed E-state index contributed by atoms with van der Waals surface area (Å²) in [6.07, 6.45) is 27.6. The lowest BCUT2D eigenvalue weighted by Crippen LogP contribution is -2.46. The number of carbonyl (C=O) groups excluding carboxylic acids is 3. The number of imidazole rings is 1. The molecule has 2 aromatic heterocycles. The Morgan fingerprint density at radius 3 is 2.03 bits per heavy atom. The summed E-state index contributed by atoms with van der Waals surface area (Å²) < 4.78 is 62.5. The second-order valence-electron chi connectivity index (χ2n) is 17.0. The number of ether oxygens (including phenoxy) is 1. The van der Waals surface area contributed by atoms with Crippen LogP contribution in [0.25, 0.3) is 11.2 Å². The fraction of sp³-hybridized carbons (Fsp3) is 0.556. The van der Waals surface area contributed by atoms with Gasteiger partial charge in [-0.25, -0.2) is 28.6 Å². The van der Waals surface area contributed by atoms with E-state index in [0.717, 1.165) is 86.8 Å². The molecule has 3 rings (SSSR count). The van der Waals surface area contributed by atoms with Gasteiger partial charge in [0.15, 0.2) is 22.8 Å². The van der Waals surface area contributed by atoms with Crippen LogP contribution in [-0.4, -0.2) is 123 Å². The topological polar surface area (TPSA) is 364 Å². The summed E-state index contributed by atoms with van der Waals surface area (Å²) in [5.74, 6) is -1.08. The van der Waals surface area contributed by atoms with E-state index in [1.807, 2.05) is 0 Å². The number of hydrogen-bond acceptors (Lipinski definition) is 18. The lowest BCUT2D eigenvalue weighted by molar-refractivity contribution is -0.137. The van der Waals surface area contributed by atoms with Gasteiger partial charge in [0.2, 0.25) is 11.8 Å². The van der Waals surface area contributed by atoms with Crippen molar-refractivity contribution >= 4 is 69.1 Å². The van der Waals surface area contributed by atoms with Crippen LogP contribution < -0.4 is 16.4 Å². The summed E-state index contributed by atoms with van der Waals surface area (Å²) in [6, 6.07) is 0. The molecule has 0 aliphatic carbocycles. The summed E-state index contributed by atoms with van der Waals surface area (Å²) in [5, 5.41) is 26.6. The van der Waals surface area contributed by atoms with Gasteiger partial charge in [-0.05, 0) is 57.8 Å². The highest BCUT2D eigenvalue weighted by atomic mass is 32.2. The summed E-state index contributed by atoms with van der Waals surface area (Å²) in [6.45, 7) is 2.64. The second-order valence-corrected chi connectivity index (χ2v) is 22.3. The van der Waals surface area contributed by atoms with Crippen LogP contribution in [0.2, 0.25) is 0 Å². The summed E-state index contributed by atoms with van der Waals surface area (Å²) >= 11 is 1.12. The minimum Gasteiger partial charge on any atom is -0.386 e. The molecule has 28 heteroatoms. The number of aliphatic hydroxyl groups excluding tert-OH is 2. The van der Waals surface area contributed by atoms with Crippen LogP contribution >= 0.6 is 35.2 Å². The molecule has 1 aliphatic heterocycles. The third-order valence-corrected chi connectivity index (χ3v) is 14.4. The first-order chi connectivity index (χ1) is 34.6. The van der Waals surface area contributed by atoms with E-state index in [9.17, 15) is 57.9 Å². The molecule has 408 valence electrons. The van der Waals surface area contributed by atoms with Crippen LogP contribution in [0.1, 0.15) is 97.6 Å². The standard InChI is InChI=1S/C45H70N7O17P3S/c1-4-5-6-7-8-9-10-11-12-13-14-15-16-17-18-19-20-21-22-23-24-25-36(54)73-29-28-47-35(53)26-27-48-43(57)40(56)45(2,3)31-66-72(63,64)69-71(61,62)65-30-34-39(68-70(58,59)60)38(55)44(67-34)52-33-51-37-41(46)49-32-50-42(37)52/h5-6,8-9,11-12,14-15,17-18,20-21,32-34,38-40,44,55-56H,4,7,10,13,16,19,22-31H2,1-3H3,(H,47,53)(H,48,57)(H,61,62)(H,63,64)(H2,46,49,50)(H2,58,59,60)/b6-5-,9-8-,12-11-,15-14-,18-17-,21-20-/t34-,38-,39-,40?,44-/m1/s1.